The molecule has 0 aliphatic carbocycles. The maximum Gasteiger partial charge on any atom is 0.242 e. The lowest BCUT2D eigenvalue weighted by molar-refractivity contribution is -0.119. The second kappa shape index (κ2) is 13.1. The number of aliphatic imine (C=N–C) groups is 1. The van der Waals surface area contributed by atoms with E-state index in [1.54, 1.807) is 0 Å². The first kappa shape index (κ1) is 21.2. The molecule has 0 spiro atoms. The number of carbonyl (C=O) groups is 1. The summed E-state index contributed by atoms with van der Waals surface area (Å²) in [7, 11) is 0. The molecule has 1 aromatic rings. The zero-order valence-corrected chi connectivity index (χ0v) is 16.7. The van der Waals surface area contributed by atoms with Crippen LogP contribution in [0.5, 0.6) is 0 Å². The molecule has 150 valence electrons. The Hall–Kier alpha value is -2.08. The van der Waals surface area contributed by atoms with E-state index in [9.17, 15) is 4.79 Å². The molecule has 1 aliphatic rings. The van der Waals surface area contributed by atoms with Gasteiger partial charge in [0.25, 0.3) is 0 Å². The van der Waals surface area contributed by atoms with Crippen LogP contribution in [0.1, 0.15) is 44.6 Å². The van der Waals surface area contributed by atoms with Gasteiger partial charge in [-0.1, -0.05) is 43.2 Å². The van der Waals surface area contributed by atoms with Gasteiger partial charge in [-0.05, 0) is 51.4 Å². The summed E-state index contributed by atoms with van der Waals surface area (Å²) in [4.78, 5) is 19.0. The largest absolute Gasteiger partial charge is 0.357 e. The maximum atomic E-state index is 12.0. The lowest BCUT2D eigenvalue weighted by atomic mass is 10.2. The smallest absolute Gasteiger partial charge is 0.242 e. The zero-order chi connectivity index (χ0) is 19.2. The van der Waals surface area contributed by atoms with Gasteiger partial charge in [-0.2, -0.15) is 0 Å². The third-order valence-electron chi connectivity index (χ3n) is 4.70. The monoisotopic (exact) mass is 373 g/mol. The van der Waals surface area contributed by atoms with E-state index in [1.807, 2.05) is 37.3 Å². The van der Waals surface area contributed by atoms with Crippen molar-refractivity contribution >= 4 is 11.9 Å². The molecule has 27 heavy (non-hydrogen) atoms. The van der Waals surface area contributed by atoms with Crippen LogP contribution in [0.2, 0.25) is 0 Å². The third kappa shape index (κ3) is 9.43. The number of amides is 1. The summed E-state index contributed by atoms with van der Waals surface area (Å²) >= 11 is 0. The molecule has 1 saturated heterocycles. The highest BCUT2D eigenvalue weighted by Crippen LogP contribution is 2.09. The first-order chi connectivity index (χ1) is 13.3. The fourth-order valence-electron chi connectivity index (χ4n) is 3.21. The molecule has 1 heterocycles. The predicted octanol–water partition coefficient (Wildman–Crippen LogP) is 2.12. The van der Waals surface area contributed by atoms with E-state index >= 15 is 0 Å². The molecule has 1 aromatic carbocycles. The van der Waals surface area contributed by atoms with Gasteiger partial charge in [0, 0.05) is 19.6 Å². The Balaban J connectivity index is 1.65. The van der Waals surface area contributed by atoms with Crippen molar-refractivity contribution < 1.29 is 4.79 Å². The van der Waals surface area contributed by atoms with Crippen LogP contribution in [0.3, 0.4) is 0 Å². The van der Waals surface area contributed by atoms with E-state index in [0.717, 1.165) is 31.6 Å². The van der Waals surface area contributed by atoms with Gasteiger partial charge in [0.1, 0.15) is 6.54 Å². The summed E-state index contributed by atoms with van der Waals surface area (Å²) in [6.45, 7) is 7.94. The number of nitrogens with zero attached hydrogens (tertiary/aromatic N) is 2. The van der Waals surface area contributed by atoms with Crippen LogP contribution in [0.15, 0.2) is 35.3 Å². The number of hydrogen-bond acceptors (Lipinski definition) is 3. The van der Waals surface area contributed by atoms with Crippen molar-refractivity contribution in [2.24, 2.45) is 4.99 Å². The highest BCUT2D eigenvalue weighted by molar-refractivity contribution is 5.84. The van der Waals surface area contributed by atoms with Gasteiger partial charge in [-0.25, -0.2) is 4.99 Å². The van der Waals surface area contributed by atoms with Crippen LogP contribution in [-0.2, 0) is 11.3 Å². The fourth-order valence-corrected chi connectivity index (χ4v) is 3.21. The van der Waals surface area contributed by atoms with Gasteiger partial charge in [-0.15, -0.1) is 0 Å². The van der Waals surface area contributed by atoms with Crippen molar-refractivity contribution in [3.63, 3.8) is 0 Å². The standard InChI is InChI=1S/C21H35N5O/c1-2-22-21(23-13-10-16-26-14-8-3-4-9-15-26)25-18-20(27)24-17-19-11-6-5-7-12-19/h5-7,11-12H,2-4,8-10,13-18H2,1H3,(H,24,27)(H2,22,23,25). The van der Waals surface area contributed by atoms with E-state index in [2.05, 4.69) is 25.8 Å². The Morgan fingerprint density at radius 3 is 2.48 bits per heavy atom. The van der Waals surface area contributed by atoms with Gasteiger partial charge in [0.05, 0.1) is 0 Å². The van der Waals surface area contributed by atoms with Crippen LogP contribution in [0, 0.1) is 0 Å². The minimum atomic E-state index is -0.0689. The summed E-state index contributed by atoms with van der Waals surface area (Å²) in [5.41, 5.74) is 1.09. The van der Waals surface area contributed by atoms with Crippen LogP contribution in [0.25, 0.3) is 0 Å². The predicted molar refractivity (Wildman–Crippen MR) is 112 cm³/mol. The Morgan fingerprint density at radius 2 is 1.78 bits per heavy atom. The Morgan fingerprint density at radius 1 is 1.04 bits per heavy atom. The highest BCUT2D eigenvalue weighted by Gasteiger charge is 2.08. The Labute approximate surface area is 163 Å². The topological polar surface area (TPSA) is 68.8 Å². The minimum absolute atomic E-state index is 0.0689. The summed E-state index contributed by atoms with van der Waals surface area (Å²) in [6.07, 6.45) is 6.49. The van der Waals surface area contributed by atoms with Gasteiger partial charge < -0.3 is 20.9 Å². The quantitative estimate of drug-likeness (QED) is 0.352. The van der Waals surface area contributed by atoms with E-state index in [0.29, 0.717) is 12.5 Å². The molecule has 6 heteroatoms. The first-order valence-electron chi connectivity index (χ1n) is 10.3. The summed E-state index contributed by atoms with van der Waals surface area (Å²) < 4.78 is 0. The molecule has 1 aliphatic heterocycles. The summed E-state index contributed by atoms with van der Waals surface area (Å²) in [6, 6.07) is 9.91. The number of rotatable bonds is 9. The molecule has 0 atom stereocenters. The second-order valence-corrected chi connectivity index (χ2v) is 6.99. The average Bonchev–Trinajstić information content (AvgIpc) is 2.97. The van der Waals surface area contributed by atoms with Crippen molar-refractivity contribution in [1.29, 1.82) is 0 Å². The van der Waals surface area contributed by atoms with Gasteiger partial charge >= 0.3 is 0 Å². The molecule has 0 radical (unpaired) electrons. The maximum absolute atomic E-state index is 12.0. The fraction of sp³-hybridized carbons (Fsp3) is 0.619. The lowest BCUT2D eigenvalue weighted by Crippen LogP contribution is -2.39. The van der Waals surface area contributed by atoms with Crippen molar-refractivity contribution in [3.8, 4) is 0 Å². The molecule has 6 nitrogen and oxygen atoms in total. The second-order valence-electron chi connectivity index (χ2n) is 6.99. The SMILES string of the molecule is CCNC(=NCC(=O)NCc1ccccc1)NCCCN1CCCCCC1. The number of likely N-dealkylation sites (tertiary alicyclic amines) is 1. The molecular weight excluding hydrogens is 338 g/mol. The van der Waals surface area contributed by atoms with E-state index in [1.165, 1.54) is 38.8 Å². The third-order valence-corrected chi connectivity index (χ3v) is 4.70. The lowest BCUT2D eigenvalue weighted by Gasteiger charge is -2.20. The van der Waals surface area contributed by atoms with E-state index < -0.39 is 0 Å². The van der Waals surface area contributed by atoms with Crippen LogP contribution >= 0.6 is 0 Å². The van der Waals surface area contributed by atoms with Gasteiger partial charge in [0.2, 0.25) is 5.91 Å². The van der Waals surface area contributed by atoms with E-state index in [-0.39, 0.29) is 12.5 Å². The minimum Gasteiger partial charge on any atom is -0.357 e. The molecule has 1 amide bonds. The van der Waals surface area contributed by atoms with E-state index in [4.69, 9.17) is 0 Å². The highest BCUT2D eigenvalue weighted by atomic mass is 16.1. The normalized spacial score (nSPS) is 15.8. The molecule has 2 rings (SSSR count). The summed E-state index contributed by atoms with van der Waals surface area (Å²) in [5.74, 6) is 0.642. The molecule has 1 fully saturated rings. The Kier molecular flexibility index (Phi) is 10.3. The summed E-state index contributed by atoms with van der Waals surface area (Å²) in [5, 5.41) is 9.45. The van der Waals surface area contributed by atoms with Gasteiger partial charge in [0.15, 0.2) is 5.96 Å². The first-order valence-corrected chi connectivity index (χ1v) is 10.3. The van der Waals surface area contributed by atoms with Crippen molar-refractivity contribution in [3.05, 3.63) is 35.9 Å². The molecular formula is C21H35N5O. The van der Waals surface area contributed by atoms with Crippen LogP contribution in [0.4, 0.5) is 0 Å². The number of benzene rings is 1. The molecule has 0 saturated carbocycles. The van der Waals surface area contributed by atoms with Crippen molar-refractivity contribution in [1.82, 2.24) is 20.9 Å². The van der Waals surface area contributed by atoms with Crippen molar-refractivity contribution in [2.45, 2.75) is 45.6 Å². The molecule has 0 aromatic heterocycles. The number of hydrogen-bond donors (Lipinski definition) is 3. The van der Waals surface area contributed by atoms with Crippen LogP contribution in [-0.4, -0.2) is 56.0 Å². The Bertz CT molecular complexity index is 553. The van der Waals surface area contributed by atoms with Crippen LogP contribution < -0.4 is 16.0 Å². The number of nitrogens with one attached hydrogen (secondary N) is 3. The average molecular weight is 374 g/mol. The zero-order valence-electron chi connectivity index (χ0n) is 16.7. The van der Waals surface area contributed by atoms with Crippen molar-refractivity contribution in [2.75, 3.05) is 39.3 Å². The number of guanidine groups is 1. The molecule has 3 N–H and O–H groups in total. The van der Waals surface area contributed by atoms with Gasteiger partial charge in [-0.3, -0.25) is 4.79 Å². The number of carbonyl (C=O) groups excluding carboxylic acids is 1. The molecule has 0 unspecified atom stereocenters. The molecule has 0 bridgehead atoms.